The van der Waals surface area contributed by atoms with Crippen LogP contribution < -0.4 is 14.8 Å². The first-order valence-corrected chi connectivity index (χ1v) is 6.33. The Morgan fingerprint density at radius 2 is 2.33 bits per heavy atom. The quantitative estimate of drug-likeness (QED) is 0.784. The van der Waals surface area contributed by atoms with Gasteiger partial charge < -0.3 is 14.8 Å². The summed E-state index contributed by atoms with van der Waals surface area (Å²) in [5.74, 6) is 1.31. The standard InChI is InChI=1S/C14H19NO3/c1-17-14-9-11(10-16)4-5-13(14)18-8-6-12-3-2-7-15-12/h4-5,9-10,12,15H,2-3,6-8H2,1H3. The van der Waals surface area contributed by atoms with Crippen LogP contribution in [0.15, 0.2) is 18.2 Å². The van der Waals surface area contributed by atoms with E-state index >= 15 is 0 Å². The first kappa shape index (κ1) is 12.9. The van der Waals surface area contributed by atoms with Gasteiger partial charge in [-0.25, -0.2) is 0 Å². The van der Waals surface area contributed by atoms with Gasteiger partial charge in [0.2, 0.25) is 0 Å². The van der Waals surface area contributed by atoms with E-state index in [-0.39, 0.29) is 0 Å². The average molecular weight is 249 g/mol. The molecule has 1 aromatic carbocycles. The van der Waals surface area contributed by atoms with Crippen molar-refractivity contribution in [2.75, 3.05) is 20.3 Å². The van der Waals surface area contributed by atoms with Crippen molar-refractivity contribution in [3.63, 3.8) is 0 Å². The Morgan fingerprint density at radius 1 is 1.44 bits per heavy atom. The zero-order valence-corrected chi connectivity index (χ0v) is 10.6. The zero-order chi connectivity index (χ0) is 12.8. The molecule has 18 heavy (non-hydrogen) atoms. The Kier molecular flexibility index (Phi) is 4.59. The topological polar surface area (TPSA) is 47.6 Å². The van der Waals surface area contributed by atoms with Crippen LogP contribution in [-0.2, 0) is 0 Å². The predicted octanol–water partition coefficient (Wildman–Crippen LogP) is 2.03. The highest BCUT2D eigenvalue weighted by Gasteiger charge is 2.14. The number of carbonyl (C=O) groups is 1. The van der Waals surface area contributed by atoms with Gasteiger partial charge in [0.15, 0.2) is 11.5 Å². The van der Waals surface area contributed by atoms with Gasteiger partial charge in [0.05, 0.1) is 13.7 Å². The van der Waals surface area contributed by atoms with Crippen LogP contribution in [0, 0.1) is 0 Å². The number of aldehydes is 1. The lowest BCUT2D eigenvalue weighted by Crippen LogP contribution is -2.23. The van der Waals surface area contributed by atoms with Crippen molar-refractivity contribution in [3.05, 3.63) is 23.8 Å². The summed E-state index contributed by atoms with van der Waals surface area (Å²) in [5.41, 5.74) is 0.594. The molecule has 1 aromatic rings. The summed E-state index contributed by atoms with van der Waals surface area (Å²) in [6.45, 7) is 1.77. The van der Waals surface area contributed by atoms with Crippen molar-refractivity contribution in [1.82, 2.24) is 5.32 Å². The van der Waals surface area contributed by atoms with Crippen molar-refractivity contribution < 1.29 is 14.3 Å². The molecule has 0 aromatic heterocycles. The van der Waals surface area contributed by atoms with E-state index in [1.165, 1.54) is 12.8 Å². The van der Waals surface area contributed by atoms with Crippen LogP contribution in [-0.4, -0.2) is 32.6 Å². The fourth-order valence-corrected chi connectivity index (χ4v) is 2.19. The number of methoxy groups -OCH3 is 1. The van der Waals surface area contributed by atoms with Gasteiger partial charge in [-0.05, 0) is 44.0 Å². The minimum absolute atomic E-state index is 0.574. The van der Waals surface area contributed by atoms with Crippen LogP contribution in [0.5, 0.6) is 11.5 Å². The Labute approximate surface area is 107 Å². The molecule has 0 radical (unpaired) electrons. The van der Waals surface area contributed by atoms with Gasteiger partial charge in [0, 0.05) is 11.6 Å². The third kappa shape index (κ3) is 3.23. The number of hydrogen-bond donors (Lipinski definition) is 1. The lowest BCUT2D eigenvalue weighted by atomic mass is 10.2. The van der Waals surface area contributed by atoms with Gasteiger partial charge in [0.1, 0.15) is 6.29 Å². The van der Waals surface area contributed by atoms with Crippen LogP contribution in [0.1, 0.15) is 29.6 Å². The van der Waals surface area contributed by atoms with E-state index < -0.39 is 0 Å². The third-order valence-electron chi connectivity index (χ3n) is 3.21. The van der Waals surface area contributed by atoms with Gasteiger partial charge in [-0.1, -0.05) is 0 Å². The molecule has 2 rings (SSSR count). The Morgan fingerprint density at radius 3 is 3.00 bits per heavy atom. The summed E-state index contributed by atoms with van der Waals surface area (Å²) in [6.07, 6.45) is 4.28. The molecule has 1 aliphatic heterocycles. The molecule has 4 nitrogen and oxygen atoms in total. The lowest BCUT2D eigenvalue weighted by molar-refractivity contribution is 0.112. The second-order valence-electron chi connectivity index (χ2n) is 4.46. The SMILES string of the molecule is COc1cc(C=O)ccc1OCCC1CCCN1. The fourth-order valence-electron chi connectivity index (χ4n) is 2.19. The molecule has 4 heteroatoms. The van der Waals surface area contributed by atoms with Crippen molar-refractivity contribution in [3.8, 4) is 11.5 Å². The number of rotatable bonds is 6. The highest BCUT2D eigenvalue weighted by atomic mass is 16.5. The molecule has 1 aliphatic rings. The van der Waals surface area contributed by atoms with E-state index in [9.17, 15) is 4.79 Å². The molecule has 0 saturated carbocycles. The fraction of sp³-hybridized carbons (Fsp3) is 0.500. The zero-order valence-electron chi connectivity index (χ0n) is 10.6. The van der Waals surface area contributed by atoms with Crippen molar-refractivity contribution >= 4 is 6.29 Å². The van der Waals surface area contributed by atoms with Gasteiger partial charge in [-0.15, -0.1) is 0 Å². The molecular weight excluding hydrogens is 230 g/mol. The highest BCUT2D eigenvalue weighted by molar-refractivity contribution is 5.76. The third-order valence-corrected chi connectivity index (χ3v) is 3.21. The maximum absolute atomic E-state index is 10.7. The number of carbonyl (C=O) groups excluding carboxylic acids is 1. The summed E-state index contributed by atoms with van der Waals surface area (Å²) in [7, 11) is 1.58. The molecule has 0 aliphatic carbocycles. The minimum atomic E-state index is 0.574. The second-order valence-corrected chi connectivity index (χ2v) is 4.46. The van der Waals surface area contributed by atoms with Gasteiger partial charge in [0.25, 0.3) is 0 Å². The van der Waals surface area contributed by atoms with E-state index in [2.05, 4.69) is 5.32 Å². The summed E-state index contributed by atoms with van der Waals surface area (Å²) >= 11 is 0. The predicted molar refractivity (Wildman–Crippen MR) is 69.5 cm³/mol. The molecule has 1 N–H and O–H groups in total. The maximum atomic E-state index is 10.7. The van der Waals surface area contributed by atoms with E-state index in [0.29, 0.717) is 29.7 Å². The van der Waals surface area contributed by atoms with Crippen molar-refractivity contribution in [2.24, 2.45) is 0 Å². The summed E-state index contributed by atoms with van der Waals surface area (Å²) in [5, 5.41) is 3.43. The molecule has 0 bridgehead atoms. The second kappa shape index (κ2) is 6.40. The van der Waals surface area contributed by atoms with E-state index in [1.54, 1.807) is 25.3 Å². The lowest BCUT2D eigenvalue weighted by Gasteiger charge is -2.13. The van der Waals surface area contributed by atoms with Gasteiger partial charge >= 0.3 is 0 Å². The van der Waals surface area contributed by atoms with Crippen LogP contribution >= 0.6 is 0 Å². The number of hydrogen-bond acceptors (Lipinski definition) is 4. The van der Waals surface area contributed by atoms with Crippen LogP contribution in [0.25, 0.3) is 0 Å². The molecule has 0 spiro atoms. The summed E-state index contributed by atoms with van der Waals surface area (Å²) in [6, 6.07) is 5.78. The first-order valence-electron chi connectivity index (χ1n) is 6.33. The number of benzene rings is 1. The molecule has 1 saturated heterocycles. The molecule has 0 amide bonds. The van der Waals surface area contributed by atoms with Crippen LogP contribution in [0.2, 0.25) is 0 Å². The average Bonchev–Trinajstić information content (AvgIpc) is 2.92. The smallest absolute Gasteiger partial charge is 0.161 e. The summed E-state index contributed by atoms with van der Waals surface area (Å²) < 4.78 is 10.9. The number of ether oxygens (including phenoxy) is 2. The number of nitrogens with one attached hydrogen (secondary N) is 1. The van der Waals surface area contributed by atoms with Crippen molar-refractivity contribution in [1.29, 1.82) is 0 Å². The van der Waals surface area contributed by atoms with Crippen molar-refractivity contribution in [2.45, 2.75) is 25.3 Å². The van der Waals surface area contributed by atoms with Gasteiger partial charge in [-0.3, -0.25) is 4.79 Å². The Balaban J connectivity index is 1.89. The first-order chi connectivity index (χ1) is 8.83. The maximum Gasteiger partial charge on any atom is 0.161 e. The minimum Gasteiger partial charge on any atom is -0.493 e. The Bertz CT molecular complexity index is 400. The van der Waals surface area contributed by atoms with Crippen LogP contribution in [0.4, 0.5) is 0 Å². The monoisotopic (exact) mass is 249 g/mol. The molecule has 1 heterocycles. The molecule has 1 fully saturated rings. The Hall–Kier alpha value is -1.55. The van der Waals surface area contributed by atoms with Gasteiger partial charge in [-0.2, -0.15) is 0 Å². The van der Waals surface area contributed by atoms with E-state index in [1.807, 2.05) is 0 Å². The molecule has 98 valence electrons. The molecule has 1 unspecified atom stereocenters. The largest absolute Gasteiger partial charge is 0.493 e. The van der Waals surface area contributed by atoms with E-state index in [4.69, 9.17) is 9.47 Å². The van der Waals surface area contributed by atoms with Crippen LogP contribution in [0.3, 0.4) is 0 Å². The highest BCUT2D eigenvalue weighted by Crippen LogP contribution is 2.27. The van der Waals surface area contributed by atoms with E-state index in [0.717, 1.165) is 19.3 Å². The molecular formula is C14H19NO3. The molecule has 1 atom stereocenters. The normalized spacial score (nSPS) is 18.6. The summed E-state index contributed by atoms with van der Waals surface area (Å²) in [4.78, 5) is 10.7.